The molecule has 0 saturated carbocycles. The summed E-state index contributed by atoms with van der Waals surface area (Å²) < 4.78 is 5.85. The predicted molar refractivity (Wildman–Crippen MR) is 195 cm³/mol. The van der Waals surface area contributed by atoms with Crippen LogP contribution >= 0.6 is 7.14 Å². The van der Waals surface area contributed by atoms with E-state index in [1.807, 2.05) is 45.0 Å². The van der Waals surface area contributed by atoms with Crippen LogP contribution in [0.25, 0.3) is 32.7 Å². The van der Waals surface area contributed by atoms with Gasteiger partial charge in [-0.05, 0) is 82.8 Å². The van der Waals surface area contributed by atoms with Gasteiger partial charge in [-0.3, -0.25) is 0 Å². The van der Waals surface area contributed by atoms with Crippen molar-refractivity contribution in [3.05, 3.63) is 156 Å². The van der Waals surface area contributed by atoms with Gasteiger partial charge in [0.25, 0.3) is 0 Å². The van der Waals surface area contributed by atoms with Crippen LogP contribution in [0.2, 0.25) is 0 Å². The first kappa shape index (κ1) is 30.3. The zero-order valence-corrected chi connectivity index (χ0v) is 27.5. The Labute approximate surface area is 273 Å². The number of rotatable bonds is 5. The molecule has 5 heteroatoms. The molecule has 1 aliphatic rings. The van der Waals surface area contributed by atoms with Gasteiger partial charge in [0, 0.05) is 0 Å². The van der Waals surface area contributed by atoms with E-state index >= 15 is 0 Å². The molecule has 0 bridgehead atoms. The minimum absolute atomic E-state index is 0.180. The van der Waals surface area contributed by atoms with Crippen LogP contribution in [0.15, 0.2) is 133 Å². The van der Waals surface area contributed by atoms with E-state index in [1.54, 1.807) is 0 Å². The lowest BCUT2D eigenvalue weighted by molar-refractivity contribution is 0.0502. The molecule has 0 aliphatic carbocycles. The van der Waals surface area contributed by atoms with Crippen molar-refractivity contribution in [2.75, 3.05) is 0 Å². The molecule has 2 radical (unpaired) electrons. The van der Waals surface area contributed by atoms with E-state index in [2.05, 4.69) is 115 Å². The number of nitrogens with one attached hydrogen (secondary N) is 1. The van der Waals surface area contributed by atoms with E-state index in [4.69, 9.17) is 12.3 Å². The highest BCUT2D eigenvalue weighted by Crippen LogP contribution is 2.75. The largest absolute Gasteiger partial charge is 0.444 e. The highest BCUT2D eigenvalue weighted by Gasteiger charge is 2.50. The Bertz CT molecular complexity index is 1950. The summed E-state index contributed by atoms with van der Waals surface area (Å²) in [4.78, 5) is 13.6. The first-order chi connectivity index (χ1) is 22.2. The topological polar surface area (TPSA) is 38.3 Å². The number of alkyl carbamates (subject to hydrolysis) is 1. The molecule has 46 heavy (non-hydrogen) atoms. The number of hydrogen-bond acceptors (Lipinski definition) is 2. The molecule has 2 atom stereocenters. The minimum atomic E-state index is -2.46. The second kappa shape index (κ2) is 12.1. The maximum absolute atomic E-state index is 13.6. The Hall–Kier alpha value is -4.40. The van der Waals surface area contributed by atoms with E-state index in [0.29, 0.717) is 0 Å². The third-order valence-corrected chi connectivity index (χ3v) is 12.6. The average Bonchev–Trinajstić information content (AvgIpc) is 3.18. The molecule has 1 amide bonds. The second-order valence-electron chi connectivity index (χ2n) is 13.5. The van der Waals surface area contributed by atoms with Crippen molar-refractivity contribution in [3.8, 4) is 11.1 Å². The Morgan fingerprint density at radius 1 is 0.652 bits per heavy atom. The molecule has 0 fully saturated rings. The van der Waals surface area contributed by atoms with Crippen LogP contribution < -0.4 is 5.32 Å². The Morgan fingerprint density at radius 2 is 1.11 bits per heavy atom. The molecular formula is C41H38BNO2P+. The maximum Gasteiger partial charge on any atom is 0.408 e. The summed E-state index contributed by atoms with van der Waals surface area (Å²) in [6.07, 6.45) is 1.02. The highest BCUT2D eigenvalue weighted by atomic mass is 31.2. The summed E-state index contributed by atoms with van der Waals surface area (Å²) in [5.74, 6) is 0. The lowest BCUT2D eigenvalue weighted by Gasteiger charge is -2.38. The van der Waals surface area contributed by atoms with Crippen molar-refractivity contribution in [1.82, 2.24) is 5.32 Å². The number of benzene rings is 6. The fraction of sp³-hybridized carbons (Fsp3) is 0.195. The third-order valence-electron chi connectivity index (χ3n) is 9.05. The molecule has 6 aromatic carbocycles. The molecule has 0 spiro atoms. The van der Waals surface area contributed by atoms with Crippen LogP contribution in [0, 0.1) is 0 Å². The first-order valence-corrected chi connectivity index (χ1v) is 18.3. The maximum atomic E-state index is 13.6. The van der Waals surface area contributed by atoms with Gasteiger partial charge in [0.1, 0.15) is 11.3 Å². The molecule has 0 saturated heterocycles. The van der Waals surface area contributed by atoms with Crippen LogP contribution in [0.3, 0.4) is 0 Å². The van der Waals surface area contributed by atoms with Gasteiger partial charge < -0.3 is 10.1 Å². The summed E-state index contributed by atoms with van der Waals surface area (Å²) >= 11 is 0. The number of carbonyl (C=O) groups excluding carboxylic acids is 1. The molecular weight excluding hydrogens is 580 g/mol. The summed E-state index contributed by atoms with van der Waals surface area (Å²) in [7, 11) is 5.55. The van der Waals surface area contributed by atoms with Gasteiger partial charge in [0.05, 0.1) is 18.4 Å². The molecule has 0 aromatic heterocycles. The number of hydrogen-bond donors (Lipinski definition) is 1. The van der Waals surface area contributed by atoms with E-state index < -0.39 is 24.9 Å². The molecule has 1 heterocycles. The Morgan fingerprint density at radius 3 is 1.61 bits per heavy atom. The molecule has 6 aromatic rings. The van der Waals surface area contributed by atoms with Gasteiger partial charge >= 0.3 is 13.7 Å². The van der Waals surface area contributed by atoms with E-state index in [1.165, 1.54) is 43.8 Å². The van der Waals surface area contributed by atoms with Crippen LogP contribution in [-0.2, 0) is 17.1 Å². The smallest absolute Gasteiger partial charge is 0.408 e. The normalized spacial score (nSPS) is 15.3. The first-order valence-electron chi connectivity index (χ1n) is 16.0. The van der Waals surface area contributed by atoms with Gasteiger partial charge in [-0.2, -0.15) is 0 Å². The summed E-state index contributed by atoms with van der Waals surface area (Å²) in [6, 6.07) is 46.8. The zero-order chi connectivity index (χ0) is 31.9. The quantitative estimate of drug-likeness (QED) is 0.154. The summed E-state index contributed by atoms with van der Waals surface area (Å²) in [6.45, 7) is 5.68. The van der Waals surface area contributed by atoms with E-state index in [0.717, 1.165) is 23.5 Å². The van der Waals surface area contributed by atoms with Crippen LogP contribution in [0.4, 0.5) is 4.79 Å². The zero-order valence-electron chi connectivity index (χ0n) is 26.6. The van der Waals surface area contributed by atoms with E-state index in [9.17, 15) is 4.79 Å². The molecule has 3 nitrogen and oxygen atoms in total. The van der Waals surface area contributed by atoms with Gasteiger partial charge in [-0.15, -0.1) is 0 Å². The molecule has 1 aliphatic heterocycles. The third kappa shape index (κ3) is 5.83. The fourth-order valence-electron chi connectivity index (χ4n) is 7.25. The van der Waals surface area contributed by atoms with Crippen molar-refractivity contribution in [1.29, 1.82) is 0 Å². The van der Waals surface area contributed by atoms with Crippen LogP contribution in [0.5, 0.6) is 0 Å². The standard InChI is InChI=1S/C41H38BNO2P/c1-41(2,3)45-40(44)43-38(30-16-6-4-7-17-30)39(31-18-8-5-9-19-31)46(42)26-32-24-22-28-14-10-12-20-34(28)36(32)37-33(27-46)25-23-29-15-11-13-21-35(29)37/h4-25,38-39H,26-27H2,1-3H3,(H,43,44)/q+1/t38-,39-/m0/s1. The van der Waals surface area contributed by atoms with Gasteiger partial charge in [-0.1, -0.05) is 133 Å². The van der Waals surface area contributed by atoms with Crippen molar-refractivity contribution in [2.24, 2.45) is 0 Å². The van der Waals surface area contributed by atoms with Gasteiger partial charge in [0.15, 0.2) is 0 Å². The number of amides is 1. The average molecular weight is 619 g/mol. The van der Waals surface area contributed by atoms with Crippen LogP contribution in [0.1, 0.15) is 54.7 Å². The lowest BCUT2D eigenvalue weighted by Crippen LogP contribution is -2.38. The van der Waals surface area contributed by atoms with Crippen molar-refractivity contribution in [2.45, 2.75) is 50.4 Å². The van der Waals surface area contributed by atoms with Crippen molar-refractivity contribution >= 4 is 42.3 Å². The van der Waals surface area contributed by atoms with Crippen molar-refractivity contribution in [3.63, 3.8) is 0 Å². The molecule has 226 valence electrons. The predicted octanol–water partition coefficient (Wildman–Crippen LogP) is 10.8. The molecule has 0 unspecified atom stereocenters. The number of carbonyl (C=O) groups is 1. The molecule has 1 N–H and O–H groups in total. The van der Waals surface area contributed by atoms with Gasteiger partial charge in [-0.25, -0.2) is 4.79 Å². The lowest BCUT2D eigenvalue weighted by atomic mass is 9.88. The monoisotopic (exact) mass is 618 g/mol. The highest BCUT2D eigenvalue weighted by molar-refractivity contribution is 7.96. The SMILES string of the molecule is [B][P+]1([C@@H](c2ccccc2)[C@@H](NC(=O)OC(C)(C)C)c2ccccc2)Cc2ccc3ccccc3c2-c2c(ccc3ccccc23)C1. The fourth-order valence-corrected chi connectivity index (χ4v) is 11.2. The minimum Gasteiger partial charge on any atom is -0.444 e. The van der Waals surface area contributed by atoms with Gasteiger partial charge in [0.2, 0.25) is 0 Å². The van der Waals surface area contributed by atoms with Crippen LogP contribution in [-0.4, -0.2) is 19.3 Å². The molecule has 7 rings (SSSR count). The Kier molecular flexibility index (Phi) is 7.95. The Balaban J connectivity index is 1.48. The number of ether oxygens (including phenoxy) is 1. The summed E-state index contributed by atoms with van der Waals surface area (Å²) in [5, 5.41) is 8.25. The number of fused-ring (bicyclic) bond motifs is 7. The summed E-state index contributed by atoms with van der Waals surface area (Å²) in [5.41, 5.74) is 6.39. The van der Waals surface area contributed by atoms with Crippen molar-refractivity contribution < 1.29 is 9.53 Å². The van der Waals surface area contributed by atoms with E-state index in [-0.39, 0.29) is 5.66 Å². The second-order valence-corrected chi connectivity index (χ2v) is 16.8.